The molecule has 1 spiro atoms. The predicted octanol–water partition coefficient (Wildman–Crippen LogP) is -0.0582. The first-order chi connectivity index (χ1) is 6.88. The Kier molecular flexibility index (Phi) is 1.36. The number of hydrogen-bond donors (Lipinski definition) is 1. The van der Waals surface area contributed by atoms with Crippen LogP contribution in [-0.2, 0) is 0 Å². The Balaban J connectivity index is 2.23. The Bertz CT molecular complexity index is 505. The predicted molar refractivity (Wildman–Crippen MR) is 55.2 cm³/mol. The zero-order valence-corrected chi connectivity index (χ0v) is 7.51. The molecule has 0 saturated carbocycles. The molecule has 1 aromatic carbocycles. The van der Waals surface area contributed by atoms with Crippen molar-refractivity contribution in [1.29, 1.82) is 0 Å². The van der Waals surface area contributed by atoms with Gasteiger partial charge in [0.25, 0.3) is 0 Å². The molecular weight excluding hydrogens is 174 g/mol. The average molecular weight is 183 g/mol. The second-order valence-corrected chi connectivity index (χ2v) is 3.32. The summed E-state index contributed by atoms with van der Waals surface area (Å²) in [6.07, 6.45) is 7.52. The third kappa shape index (κ3) is 0.988. The van der Waals surface area contributed by atoms with Crippen molar-refractivity contribution in [3.63, 3.8) is 0 Å². The number of hydrogen-bond acceptors (Lipinski definition) is 3. The van der Waals surface area contributed by atoms with Crippen LogP contribution < -0.4 is 15.9 Å². The van der Waals surface area contributed by atoms with Crippen molar-refractivity contribution < 1.29 is 0 Å². The van der Waals surface area contributed by atoms with Crippen molar-refractivity contribution in [2.75, 3.05) is 0 Å². The minimum absolute atomic E-state index is 0.585. The summed E-state index contributed by atoms with van der Waals surface area (Å²) in [5, 5.41) is 5.27. The lowest BCUT2D eigenvalue weighted by Crippen LogP contribution is -2.36. The minimum Gasteiger partial charge on any atom is -0.346 e. The Morgan fingerprint density at radius 1 is 1.21 bits per heavy atom. The topological polar surface area (TPSA) is 36.8 Å². The first-order valence-electron chi connectivity index (χ1n) is 4.54. The van der Waals surface area contributed by atoms with E-state index in [-0.39, 0.29) is 0 Å². The molecule has 0 aromatic heterocycles. The van der Waals surface area contributed by atoms with E-state index in [1.165, 1.54) is 0 Å². The molecule has 2 aliphatic heterocycles. The van der Waals surface area contributed by atoms with Gasteiger partial charge in [-0.2, -0.15) is 0 Å². The van der Waals surface area contributed by atoms with E-state index in [0.29, 0.717) is 0 Å². The summed E-state index contributed by atoms with van der Waals surface area (Å²) in [5.74, 6) is -0.585. The molecule has 1 aromatic rings. The highest BCUT2D eigenvalue weighted by atomic mass is 15.3. The third-order valence-electron chi connectivity index (χ3n) is 2.33. The van der Waals surface area contributed by atoms with Crippen LogP contribution in [0.25, 0.3) is 6.08 Å². The van der Waals surface area contributed by atoms with Crippen LogP contribution in [-0.4, -0.2) is 12.0 Å². The molecule has 3 nitrogen and oxygen atoms in total. The van der Waals surface area contributed by atoms with Gasteiger partial charge < -0.3 is 5.32 Å². The molecule has 0 fully saturated rings. The fraction of sp³-hybridized carbons (Fsp3) is 0.0909. The summed E-state index contributed by atoms with van der Waals surface area (Å²) in [6.45, 7) is 0. The highest BCUT2D eigenvalue weighted by Crippen LogP contribution is 2.14. The maximum atomic E-state index is 4.53. The van der Waals surface area contributed by atoms with Crippen molar-refractivity contribution in [3.8, 4) is 0 Å². The van der Waals surface area contributed by atoms with Crippen LogP contribution in [0.15, 0.2) is 46.5 Å². The normalized spacial score (nSPS) is 26.6. The van der Waals surface area contributed by atoms with E-state index >= 15 is 0 Å². The van der Waals surface area contributed by atoms with E-state index in [9.17, 15) is 0 Å². The van der Waals surface area contributed by atoms with E-state index in [1.807, 2.05) is 42.6 Å². The van der Waals surface area contributed by atoms with Crippen LogP contribution in [0.2, 0.25) is 0 Å². The molecule has 1 unspecified atom stereocenters. The van der Waals surface area contributed by atoms with Crippen LogP contribution >= 0.6 is 0 Å². The van der Waals surface area contributed by atoms with Crippen LogP contribution in [0.4, 0.5) is 0 Å². The van der Waals surface area contributed by atoms with E-state index in [4.69, 9.17) is 0 Å². The molecule has 0 bridgehead atoms. The molecule has 0 amide bonds. The standard InChI is InChI=1S/C11H9N3/c1-2-5-10-9(4-1)8-11(14-10)12-6-3-7-13-11/h1-8,12H. The van der Waals surface area contributed by atoms with Gasteiger partial charge in [0.2, 0.25) is 5.79 Å². The number of rotatable bonds is 0. The van der Waals surface area contributed by atoms with Gasteiger partial charge in [0, 0.05) is 17.6 Å². The van der Waals surface area contributed by atoms with E-state index in [1.54, 1.807) is 6.21 Å². The average Bonchev–Trinajstić information content (AvgIpc) is 2.56. The lowest BCUT2D eigenvalue weighted by atomic mass is 10.2. The lowest BCUT2D eigenvalue weighted by Gasteiger charge is -2.21. The molecule has 0 radical (unpaired) electrons. The largest absolute Gasteiger partial charge is 0.346 e. The summed E-state index contributed by atoms with van der Waals surface area (Å²) in [4.78, 5) is 8.86. The quantitative estimate of drug-likeness (QED) is 0.601. The van der Waals surface area contributed by atoms with Crippen LogP contribution in [0.1, 0.15) is 0 Å². The first-order valence-corrected chi connectivity index (χ1v) is 4.54. The van der Waals surface area contributed by atoms with Crippen molar-refractivity contribution in [3.05, 3.63) is 47.1 Å². The van der Waals surface area contributed by atoms with Crippen LogP contribution in [0, 0.1) is 0 Å². The molecule has 2 heterocycles. The summed E-state index contributed by atoms with van der Waals surface area (Å²) in [7, 11) is 0. The SMILES string of the molecule is C1=CNC2(C=c3ccccc3=N2)N=C1. The van der Waals surface area contributed by atoms with Crippen LogP contribution in [0.5, 0.6) is 0 Å². The fourth-order valence-electron chi connectivity index (χ4n) is 1.69. The molecule has 0 saturated heterocycles. The first kappa shape index (κ1) is 7.50. The van der Waals surface area contributed by atoms with Gasteiger partial charge in [0.1, 0.15) is 0 Å². The number of allylic oxidation sites excluding steroid dienone is 1. The number of benzene rings is 1. The number of nitrogens with one attached hydrogen (secondary N) is 1. The molecule has 1 N–H and O–H groups in total. The molecule has 14 heavy (non-hydrogen) atoms. The molecule has 3 rings (SSSR count). The molecule has 1 atom stereocenters. The highest BCUT2D eigenvalue weighted by Gasteiger charge is 2.26. The lowest BCUT2D eigenvalue weighted by molar-refractivity contribution is 0.527. The van der Waals surface area contributed by atoms with Gasteiger partial charge in [-0.3, -0.25) is 0 Å². The van der Waals surface area contributed by atoms with Crippen molar-refractivity contribution >= 4 is 12.3 Å². The Labute approximate surface area is 81.2 Å². The van der Waals surface area contributed by atoms with Gasteiger partial charge in [-0.25, -0.2) is 9.98 Å². The van der Waals surface area contributed by atoms with Crippen molar-refractivity contribution in [1.82, 2.24) is 5.32 Å². The van der Waals surface area contributed by atoms with Gasteiger partial charge in [-0.1, -0.05) is 18.2 Å². The number of nitrogens with zero attached hydrogens (tertiary/aromatic N) is 2. The van der Waals surface area contributed by atoms with Crippen molar-refractivity contribution in [2.45, 2.75) is 5.79 Å². The number of para-hydroxylation sites is 1. The second-order valence-electron chi connectivity index (χ2n) is 3.32. The summed E-state index contributed by atoms with van der Waals surface area (Å²) in [5.41, 5.74) is 0. The smallest absolute Gasteiger partial charge is 0.246 e. The Morgan fingerprint density at radius 2 is 2.14 bits per heavy atom. The summed E-state index contributed by atoms with van der Waals surface area (Å²) >= 11 is 0. The Morgan fingerprint density at radius 3 is 2.93 bits per heavy atom. The zero-order valence-electron chi connectivity index (χ0n) is 7.51. The number of fused-ring (bicyclic) bond motifs is 1. The molecule has 2 aliphatic rings. The second kappa shape index (κ2) is 2.54. The van der Waals surface area contributed by atoms with Gasteiger partial charge in [0.05, 0.1) is 5.36 Å². The fourth-order valence-corrected chi connectivity index (χ4v) is 1.69. The monoisotopic (exact) mass is 183 g/mol. The highest BCUT2D eigenvalue weighted by molar-refractivity contribution is 5.73. The molecule has 3 heteroatoms. The van der Waals surface area contributed by atoms with Gasteiger partial charge >= 0.3 is 0 Å². The summed E-state index contributed by atoms with van der Waals surface area (Å²) < 4.78 is 0. The van der Waals surface area contributed by atoms with E-state index in [2.05, 4.69) is 15.3 Å². The van der Waals surface area contributed by atoms with Gasteiger partial charge in [0.15, 0.2) is 0 Å². The van der Waals surface area contributed by atoms with Gasteiger partial charge in [-0.15, -0.1) is 0 Å². The number of aliphatic imine (C=N–C) groups is 1. The maximum absolute atomic E-state index is 4.53. The minimum atomic E-state index is -0.585. The third-order valence-corrected chi connectivity index (χ3v) is 2.33. The summed E-state index contributed by atoms with van der Waals surface area (Å²) in [6, 6.07) is 8.03. The zero-order chi connectivity index (χ0) is 9.43. The van der Waals surface area contributed by atoms with E-state index in [0.717, 1.165) is 10.6 Å². The molecule has 68 valence electrons. The Hall–Kier alpha value is -1.90. The van der Waals surface area contributed by atoms with Crippen LogP contribution in [0.3, 0.4) is 0 Å². The molecule has 0 aliphatic carbocycles. The molecular formula is C11H9N3. The van der Waals surface area contributed by atoms with Gasteiger partial charge in [-0.05, 0) is 18.2 Å². The van der Waals surface area contributed by atoms with E-state index < -0.39 is 5.79 Å². The van der Waals surface area contributed by atoms with Crippen molar-refractivity contribution in [2.24, 2.45) is 9.98 Å². The maximum Gasteiger partial charge on any atom is 0.246 e.